The van der Waals surface area contributed by atoms with Crippen LogP contribution in [0.2, 0.25) is 5.15 Å². The molecule has 1 heterocycles. The van der Waals surface area contributed by atoms with Crippen LogP contribution in [0.1, 0.15) is 19.3 Å². The van der Waals surface area contributed by atoms with E-state index in [2.05, 4.69) is 26.2 Å². The molecule has 0 spiro atoms. The fraction of sp³-hybridized carbons (Fsp3) is 0.571. The molecule has 3 aliphatic rings. The largest absolute Gasteiger partial charge is 0.323 e. The predicted molar refractivity (Wildman–Crippen MR) is 76.9 cm³/mol. The number of anilines is 1. The van der Waals surface area contributed by atoms with Crippen LogP contribution in [-0.2, 0) is 4.79 Å². The Morgan fingerprint density at radius 2 is 2.05 bits per heavy atom. The van der Waals surface area contributed by atoms with E-state index in [0.29, 0.717) is 22.7 Å². The van der Waals surface area contributed by atoms with E-state index in [1.807, 2.05) is 0 Å². The van der Waals surface area contributed by atoms with Crippen LogP contribution in [0.4, 0.5) is 5.69 Å². The molecule has 1 aromatic heterocycles. The van der Waals surface area contributed by atoms with Gasteiger partial charge in [-0.25, -0.2) is 4.98 Å². The molecule has 0 saturated heterocycles. The number of halogens is 2. The third-order valence-corrected chi connectivity index (χ3v) is 5.84. The molecule has 0 aliphatic heterocycles. The summed E-state index contributed by atoms with van der Waals surface area (Å²) in [5.41, 5.74) is 0.610. The van der Waals surface area contributed by atoms with E-state index in [1.165, 1.54) is 19.3 Å². The molecule has 3 nitrogen and oxygen atoms in total. The molecule has 4 atom stereocenters. The van der Waals surface area contributed by atoms with Gasteiger partial charge in [-0.1, -0.05) is 11.6 Å². The predicted octanol–water partition coefficient (Wildman–Crippen LogP) is 3.73. The molecular formula is C14H14BrClN2O. The van der Waals surface area contributed by atoms with Crippen molar-refractivity contribution in [2.24, 2.45) is 29.6 Å². The second-order valence-corrected chi connectivity index (χ2v) is 7.27. The molecule has 4 rings (SSSR count). The number of carbonyl (C=O) groups excluding carboxylic acids is 1. The Balaban J connectivity index is 1.50. The summed E-state index contributed by atoms with van der Waals surface area (Å²) in [5.74, 6) is 3.27. The zero-order valence-corrected chi connectivity index (χ0v) is 12.6. The zero-order chi connectivity index (χ0) is 13.1. The van der Waals surface area contributed by atoms with Crippen molar-refractivity contribution in [1.82, 2.24) is 4.98 Å². The Kier molecular flexibility index (Phi) is 2.68. The topological polar surface area (TPSA) is 42.0 Å². The van der Waals surface area contributed by atoms with E-state index in [4.69, 9.17) is 11.6 Å². The molecule has 1 amide bonds. The molecule has 3 aliphatic carbocycles. The summed E-state index contributed by atoms with van der Waals surface area (Å²) in [4.78, 5) is 16.4. The first-order chi connectivity index (χ1) is 9.15. The Hall–Kier alpha value is -0.610. The first-order valence-electron chi connectivity index (χ1n) is 6.77. The van der Waals surface area contributed by atoms with Crippen LogP contribution in [0.15, 0.2) is 16.7 Å². The molecule has 3 saturated carbocycles. The Morgan fingerprint density at radius 1 is 1.37 bits per heavy atom. The number of rotatable bonds is 2. The first kappa shape index (κ1) is 12.2. The smallest absolute Gasteiger partial charge is 0.228 e. The minimum absolute atomic E-state index is 0.133. The number of carbonyl (C=O) groups is 1. The van der Waals surface area contributed by atoms with Gasteiger partial charge in [0.25, 0.3) is 0 Å². The summed E-state index contributed by atoms with van der Waals surface area (Å²) in [6.45, 7) is 0. The summed E-state index contributed by atoms with van der Waals surface area (Å²) in [6, 6.07) is 1.81. The van der Waals surface area contributed by atoms with Crippen LogP contribution in [0.25, 0.3) is 0 Å². The third-order valence-electron chi connectivity index (χ3n) is 5.10. The molecular weight excluding hydrogens is 328 g/mol. The van der Waals surface area contributed by atoms with Crippen molar-refractivity contribution in [3.8, 4) is 0 Å². The van der Waals surface area contributed by atoms with E-state index >= 15 is 0 Å². The average Bonchev–Trinajstić information content (AvgIpc) is 2.83. The van der Waals surface area contributed by atoms with Gasteiger partial charge in [0.1, 0.15) is 0 Å². The fourth-order valence-electron chi connectivity index (χ4n) is 4.40. The van der Waals surface area contributed by atoms with Crippen molar-refractivity contribution in [2.45, 2.75) is 19.3 Å². The van der Waals surface area contributed by atoms with Gasteiger partial charge in [0, 0.05) is 16.6 Å². The summed E-state index contributed by atoms with van der Waals surface area (Å²) >= 11 is 9.35. The van der Waals surface area contributed by atoms with E-state index < -0.39 is 0 Å². The minimum Gasteiger partial charge on any atom is -0.323 e. The van der Waals surface area contributed by atoms with Gasteiger partial charge in [0.2, 0.25) is 5.91 Å². The SMILES string of the molecule is O=C(Nc1cc(Br)cnc1Cl)C1C2C3CCC(C3)C12. The van der Waals surface area contributed by atoms with Gasteiger partial charge in [-0.2, -0.15) is 0 Å². The van der Waals surface area contributed by atoms with Gasteiger partial charge in [-0.05, 0) is 64.9 Å². The molecule has 1 aromatic rings. The van der Waals surface area contributed by atoms with Gasteiger partial charge < -0.3 is 5.32 Å². The van der Waals surface area contributed by atoms with Crippen molar-refractivity contribution in [3.05, 3.63) is 21.9 Å². The van der Waals surface area contributed by atoms with E-state index in [1.54, 1.807) is 12.3 Å². The summed E-state index contributed by atoms with van der Waals surface area (Å²) in [6.07, 6.45) is 5.64. The molecule has 4 unspecified atom stereocenters. The number of aromatic nitrogens is 1. The van der Waals surface area contributed by atoms with Crippen molar-refractivity contribution in [1.29, 1.82) is 0 Å². The van der Waals surface area contributed by atoms with Gasteiger partial charge in [-0.15, -0.1) is 0 Å². The lowest BCUT2D eigenvalue weighted by molar-refractivity contribution is -0.118. The van der Waals surface area contributed by atoms with Crippen LogP contribution in [0, 0.1) is 29.6 Å². The van der Waals surface area contributed by atoms with Crippen LogP contribution in [0.3, 0.4) is 0 Å². The Bertz CT molecular complexity index is 548. The maximum absolute atomic E-state index is 12.4. The van der Waals surface area contributed by atoms with Crippen LogP contribution >= 0.6 is 27.5 Å². The average molecular weight is 342 g/mol. The molecule has 0 radical (unpaired) electrons. The van der Waals surface area contributed by atoms with Crippen molar-refractivity contribution in [2.75, 3.05) is 5.32 Å². The van der Waals surface area contributed by atoms with E-state index in [0.717, 1.165) is 16.3 Å². The number of nitrogens with zero attached hydrogens (tertiary/aromatic N) is 1. The highest BCUT2D eigenvalue weighted by molar-refractivity contribution is 9.10. The lowest BCUT2D eigenvalue weighted by atomic mass is 10.0. The van der Waals surface area contributed by atoms with Crippen molar-refractivity contribution < 1.29 is 4.79 Å². The molecule has 100 valence electrons. The number of hydrogen-bond acceptors (Lipinski definition) is 2. The number of hydrogen-bond donors (Lipinski definition) is 1. The minimum atomic E-state index is 0.133. The number of pyridine rings is 1. The van der Waals surface area contributed by atoms with Crippen LogP contribution in [0.5, 0.6) is 0 Å². The number of amides is 1. The second-order valence-electron chi connectivity index (χ2n) is 5.99. The van der Waals surface area contributed by atoms with E-state index in [-0.39, 0.29) is 11.8 Å². The van der Waals surface area contributed by atoms with Gasteiger partial charge in [-0.3, -0.25) is 4.79 Å². The quantitative estimate of drug-likeness (QED) is 0.833. The second kappa shape index (κ2) is 4.19. The Morgan fingerprint density at radius 3 is 2.74 bits per heavy atom. The zero-order valence-electron chi connectivity index (χ0n) is 10.3. The molecule has 19 heavy (non-hydrogen) atoms. The normalized spacial score (nSPS) is 38.1. The first-order valence-corrected chi connectivity index (χ1v) is 7.94. The molecule has 1 N–H and O–H groups in total. The van der Waals surface area contributed by atoms with Gasteiger partial charge in [0.15, 0.2) is 5.15 Å². The molecule has 5 heteroatoms. The monoisotopic (exact) mass is 340 g/mol. The number of fused-ring (bicyclic) bond motifs is 5. The van der Waals surface area contributed by atoms with Crippen LogP contribution < -0.4 is 5.32 Å². The maximum atomic E-state index is 12.4. The summed E-state index contributed by atoms with van der Waals surface area (Å²) in [7, 11) is 0. The molecule has 2 bridgehead atoms. The van der Waals surface area contributed by atoms with Crippen molar-refractivity contribution >= 4 is 39.1 Å². The lowest BCUT2D eigenvalue weighted by Gasteiger charge is -2.10. The molecule has 0 aromatic carbocycles. The summed E-state index contributed by atoms with van der Waals surface area (Å²) < 4.78 is 0.822. The fourth-order valence-corrected chi connectivity index (χ4v) is 4.88. The highest BCUT2D eigenvalue weighted by atomic mass is 79.9. The van der Waals surface area contributed by atoms with Crippen molar-refractivity contribution in [3.63, 3.8) is 0 Å². The molecule has 3 fully saturated rings. The van der Waals surface area contributed by atoms with Crippen LogP contribution in [-0.4, -0.2) is 10.9 Å². The number of nitrogens with one attached hydrogen (secondary N) is 1. The summed E-state index contributed by atoms with van der Waals surface area (Å²) in [5, 5.41) is 3.30. The highest BCUT2D eigenvalue weighted by Crippen LogP contribution is 2.69. The van der Waals surface area contributed by atoms with Gasteiger partial charge in [0.05, 0.1) is 5.69 Å². The highest BCUT2D eigenvalue weighted by Gasteiger charge is 2.67. The Labute approximate surface area is 125 Å². The van der Waals surface area contributed by atoms with Gasteiger partial charge >= 0.3 is 0 Å². The lowest BCUT2D eigenvalue weighted by Crippen LogP contribution is -2.19. The maximum Gasteiger partial charge on any atom is 0.228 e. The third kappa shape index (κ3) is 1.83. The standard InChI is InChI=1S/C14H14BrClN2O/c15-8-4-9(13(16)17-5-8)18-14(19)12-10-6-1-2-7(3-6)11(10)12/h4-7,10-12H,1-3H2,(H,18,19). The van der Waals surface area contributed by atoms with E-state index in [9.17, 15) is 4.79 Å².